The molecule has 1 aromatic carbocycles. The third-order valence-corrected chi connectivity index (χ3v) is 10.1. The summed E-state index contributed by atoms with van der Waals surface area (Å²) in [6, 6.07) is 6.36. The molecule has 1 aromatic rings. The molecule has 0 aromatic heterocycles. The number of aliphatic hydroxyl groups is 1. The fourth-order valence-electron chi connectivity index (χ4n) is 6.33. The topological polar surface area (TPSA) is 87.2 Å². The summed E-state index contributed by atoms with van der Waals surface area (Å²) in [5, 5.41) is 9.77. The molecule has 5 atom stereocenters. The highest BCUT2D eigenvalue weighted by Crippen LogP contribution is 2.71. The fourth-order valence-corrected chi connectivity index (χ4v) is 8.79. The Morgan fingerprint density at radius 2 is 2.00 bits per heavy atom. The molecule has 7 nitrogen and oxygen atoms in total. The number of carbonyl (C=O) groups excluding carboxylic acids is 3. The zero-order valence-electron chi connectivity index (χ0n) is 21.0. The van der Waals surface area contributed by atoms with Crippen molar-refractivity contribution in [1.82, 2.24) is 4.90 Å². The second kappa shape index (κ2) is 10.8. The number of hydrogen-bond acceptors (Lipinski definition) is 6. The third-order valence-electron chi connectivity index (χ3n) is 7.82. The van der Waals surface area contributed by atoms with Gasteiger partial charge in [-0.15, -0.1) is 18.3 Å². The summed E-state index contributed by atoms with van der Waals surface area (Å²) in [7, 11) is 0. The van der Waals surface area contributed by atoms with E-state index in [2.05, 4.69) is 6.58 Å². The van der Waals surface area contributed by atoms with E-state index in [-0.39, 0.29) is 37.5 Å². The number of nitrogens with zero attached hydrogens (tertiary/aromatic N) is 2. The summed E-state index contributed by atoms with van der Waals surface area (Å²) in [5.74, 6) is -1.83. The van der Waals surface area contributed by atoms with Crippen LogP contribution in [0, 0.1) is 11.8 Å². The number of halogens is 1. The van der Waals surface area contributed by atoms with E-state index < -0.39 is 27.4 Å². The lowest BCUT2D eigenvalue weighted by Crippen LogP contribution is -2.55. The van der Waals surface area contributed by atoms with E-state index >= 15 is 0 Å². The van der Waals surface area contributed by atoms with E-state index in [1.807, 2.05) is 6.92 Å². The molecule has 3 aliphatic rings. The summed E-state index contributed by atoms with van der Waals surface area (Å²) >= 11 is 7.73. The molecule has 3 heterocycles. The first-order chi connectivity index (χ1) is 17.2. The van der Waals surface area contributed by atoms with Gasteiger partial charge in [-0.3, -0.25) is 14.4 Å². The van der Waals surface area contributed by atoms with Crippen LogP contribution in [0.3, 0.4) is 0 Å². The van der Waals surface area contributed by atoms with E-state index in [9.17, 15) is 19.5 Å². The highest BCUT2D eigenvalue weighted by molar-refractivity contribution is 8.02. The smallest absolute Gasteiger partial charge is 0.311 e. The van der Waals surface area contributed by atoms with Gasteiger partial charge in [-0.25, -0.2) is 0 Å². The average molecular weight is 535 g/mol. The van der Waals surface area contributed by atoms with Crippen LogP contribution in [0.25, 0.3) is 0 Å². The molecule has 3 saturated heterocycles. The zero-order chi connectivity index (χ0) is 26.1. The van der Waals surface area contributed by atoms with Gasteiger partial charge >= 0.3 is 5.97 Å². The highest BCUT2D eigenvalue weighted by atomic mass is 35.5. The molecule has 9 heteroatoms. The van der Waals surface area contributed by atoms with Crippen LogP contribution in [0.15, 0.2) is 36.9 Å². The monoisotopic (exact) mass is 534 g/mol. The van der Waals surface area contributed by atoms with Gasteiger partial charge in [0.2, 0.25) is 5.91 Å². The maximum atomic E-state index is 14.4. The molecule has 0 saturated carbocycles. The molecule has 196 valence electrons. The van der Waals surface area contributed by atoms with Gasteiger partial charge < -0.3 is 19.6 Å². The third kappa shape index (κ3) is 4.45. The zero-order valence-corrected chi connectivity index (χ0v) is 22.5. The van der Waals surface area contributed by atoms with Crippen LogP contribution in [0.2, 0.25) is 5.02 Å². The number of thioether (sulfide) groups is 1. The summed E-state index contributed by atoms with van der Waals surface area (Å²) in [6.07, 6.45) is 5.17. The molecule has 2 unspecified atom stereocenters. The summed E-state index contributed by atoms with van der Waals surface area (Å²) in [5.41, 5.74) is 0.683. The van der Waals surface area contributed by atoms with Crippen LogP contribution in [0.4, 0.5) is 5.69 Å². The van der Waals surface area contributed by atoms with Crippen molar-refractivity contribution in [1.29, 1.82) is 0 Å². The van der Waals surface area contributed by atoms with Crippen molar-refractivity contribution in [2.75, 3.05) is 31.2 Å². The number of aliphatic hydroxyl groups excluding tert-OH is 1. The van der Waals surface area contributed by atoms with Crippen molar-refractivity contribution in [3.05, 3.63) is 41.9 Å². The highest BCUT2D eigenvalue weighted by Gasteiger charge is 2.77. The number of esters is 1. The minimum atomic E-state index is -0.703. The van der Waals surface area contributed by atoms with Crippen molar-refractivity contribution in [3.8, 4) is 0 Å². The Balaban J connectivity index is 1.75. The minimum Gasteiger partial charge on any atom is -0.466 e. The Hall–Kier alpha value is -2.03. The van der Waals surface area contributed by atoms with Gasteiger partial charge in [0.05, 0.1) is 23.2 Å². The molecular weight excluding hydrogens is 500 g/mol. The van der Waals surface area contributed by atoms with Gasteiger partial charge in [0.1, 0.15) is 6.04 Å². The molecule has 36 heavy (non-hydrogen) atoms. The normalized spacial score (nSPS) is 30.4. The standard InChI is InChI=1S/C27H35ClN2O5S/c1-4-15-29(19-11-9-18(28)10-12-19)24(33)22-27-14-13-26(3,36-27)21(25(34)35-5-2)20(27)23(32)30(22)16-7-6-8-17-31/h4,9-12,20-22,31H,1,5-8,13-17H2,2-3H3/t20-,21+,22?,26-,27?/m0/s1. The number of ether oxygens (including phenoxy) is 1. The first-order valence-corrected chi connectivity index (χ1v) is 13.9. The van der Waals surface area contributed by atoms with Crippen molar-refractivity contribution in [3.63, 3.8) is 0 Å². The van der Waals surface area contributed by atoms with Crippen LogP contribution in [-0.2, 0) is 19.1 Å². The van der Waals surface area contributed by atoms with Crippen LogP contribution in [-0.4, -0.2) is 69.6 Å². The maximum absolute atomic E-state index is 14.4. The average Bonchev–Trinajstić information content (AvgIpc) is 3.41. The molecular formula is C27H35ClN2O5S. The molecule has 0 radical (unpaired) electrons. The Labute approximate surface area is 222 Å². The number of carbonyl (C=O) groups is 3. The van der Waals surface area contributed by atoms with E-state index in [0.717, 1.165) is 12.8 Å². The molecule has 2 amide bonds. The quantitative estimate of drug-likeness (QED) is 0.262. The maximum Gasteiger partial charge on any atom is 0.311 e. The number of fused-ring (bicyclic) bond motifs is 1. The number of amides is 2. The second-order valence-electron chi connectivity index (χ2n) is 10.0. The van der Waals surface area contributed by atoms with Gasteiger partial charge in [-0.2, -0.15) is 0 Å². The summed E-state index contributed by atoms with van der Waals surface area (Å²) < 4.78 is 4.30. The first-order valence-electron chi connectivity index (χ1n) is 12.7. The molecule has 2 bridgehead atoms. The molecule has 3 aliphatic heterocycles. The largest absolute Gasteiger partial charge is 0.466 e. The Kier molecular flexibility index (Phi) is 8.07. The number of benzene rings is 1. The molecule has 1 N–H and O–H groups in total. The van der Waals surface area contributed by atoms with Crippen molar-refractivity contribution < 1.29 is 24.2 Å². The van der Waals surface area contributed by atoms with Crippen LogP contribution < -0.4 is 4.90 Å². The Bertz CT molecular complexity index is 1020. The molecule has 1 spiro atoms. The number of hydrogen-bond donors (Lipinski definition) is 1. The first kappa shape index (κ1) is 27.0. The van der Waals surface area contributed by atoms with E-state index in [1.165, 1.54) is 0 Å². The predicted molar refractivity (Wildman–Crippen MR) is 142 cm³/mol. The number of rotatable bonds is 11. The Morgan fingerprint density at radius 1 is 1.28 bits per heavy atom. The van der Waals surface area contributed by atoms with Crippen LogP contribution in [0.5, 0.6) is 0 Å². The predicted octanol–water partition coefficient (Wildman–Crippen LogP) is 4.07. The van der Waals surface area contributed by atoms with Crippen molar-refractivity contribution in [2.45, 2.75) is 61.5 Å². The summed E-state index contributed by atoms with van der Waals surface area (Å²) in [4.78, 5) is 44.9. The van der Waals surface area contributed by atoms with Gasteiger partial charge in [-0.05, 0) is 70.2 Å². The SMILES string of the molecule is C=CCN(C(=O)C1N(CCCCCO)C(=O)[C@@H]2[C@H](C(=O)OCC)[C@]3(C)CCC12S3)c1ccc(Cl)cc1. The molecule has 3 fully saturated rings. The van der Waals surface area contributed by atoms with Crippen molar-refractivity contribution >= 4 is 46.8 Å². The van der Waals surface area contributed by atoms with Gasteiger partial charge in [0.25, 0.3) is 5.91 Å². The summed E-state index contributed by atoms with van der Waals surface area (Å²) in [6.45, 7) is 8.68. The molecule has 0 aliphatic carbocycles. The van der Waals surface area contributed by atoms with E-state index in [0.29, 0.717) is 36.5 Å². The number of anilines is 1. The van der Waals surface area contributed by atoms with Crippen LogP contribution >= 0.6 is 23.4 Å². The number of likely N-dealkylation sites (tertiary alicyclic amines) is 1. The number of unbranched alkanes of at least 4 members (excludes halogenated alkanes) is 2. The van der Waals surface area contributed by atoms with Gasteiger partial charge in [0, 0.05) is 35.2 Å². The van der Waals surface area contributed by atoms with Gasteiger partial charge in [0.15, 0.2) is 0 Å². The minimum absolute atomic E-state index is 0.0890. The lowest BCUT2D eigenvalue weighted by Gasteiger charge is -2.37. The van der Waals surface area contributed by atoms with Crippen molar-refractivity contribution in [2.24, 2.45) is 11.8 Å². The van der Waals surface area contributed by atoms with E-state index in [4.69, 9.17) is 16.3 Å². The van der Waals surface area contributed by atoms with E-state index in [1.54, 1.807) is 58.8 Å². The lowest BCUT2D eigenvalue weighted by molar-refractivity contribution is -0.155. The Morgan fingerprint density at radius 3 is 2.64 bits per heavy atom. The van der Waals surface area contributed by atoms with Gasteiger partial charge in [-0.1, -0.05) is 17.7 Å². The lowest BCUT2D eigenvalue weighted by atomic mass is 9.66. The molecule has 4 rings (SSSR count). The van der Waals surface area contributed by atoms with Crippen LogP contribution in [0.1, 0.15) is 46.0 Å². The fraction of sp³-hybridized carbons (Fsp3) is 0.593. The second-order valence-corrected chi connectivity index (χ2v) is 12.3.